The van der Waals surface area contributed by atoms with E-state index in [0.717, 1.165) is 37.2 Å². The van der Waals surface area contributed by atoms with Crippen molar-refractivity contribution in [1.82, 2.24) is 5.32 Å². The minimum absolute atomic E-state index is 0.0157. The fraction of sp³-hybridized carbons (Fsp3) is 0.423. The fourth-order valence-corrected chi connectivity index (χ4v) is 5.99. The van der Waals surface area contributed by atoms with Gasteiger partial charge in [-0.1, -0.05) is 24.3 Å². The summed E-state index contributed by atoms with van der Waals surface area (Å²) in [6.45, 7) is 0.676. The number of carbonyl (C=O) groups is 1. The third kappa shape index (κ3) is 4.29. The van der Waals surface area contributed by atoms with Crippen molar-refractivity contribution in [3.63, 3.8) is 0 Å². The number of carbonyl (C=O) groups excluding carboxylic acids is 1. The smallest absolute Gasteiger partial charge is 0.223 e. The third-order valence-corrected chi connectivity index (χ3v) is 7.76. The molecule has 1 aromatic heterocycles. The van der Waals surface area contributed by atoms with Crippen molar-refractivity contribution >= 4 is 27.3 Å². The molecule has 1 saturated carbocycles. The molecule has 0 unspecified atom stereocenters. The molecule has 5 rings (SSSR count). The van der Waals surface area contributed by atoms with Crippen molar-refractivity contribution < 1.29 is 14.3 Å². The van der Waals surface area contributed by atoms with Crippen LogP contribution < -0.4 is 14.8 Å². The molecule has 2 heterocycles. The number of methoxy groups -OCH3 is 1. The van der Waals surface area contributed by atoms with Gasteiger partial charge in [-0.15, -0.1) is 11.3 Å². The zero-order chi connectivity index (χ0) is 21.2. The summed E-state index contributed by atoms with van der Waals surface area (Å²) in [5.74, 6) is 2.06. The molecule has 2 atom stereocenters. The van der Waals surface area contributed by atoms with Gasteiger partial charge in [0, 0.05) is 23.1 Å². The Kier molecular flexibility index (Phi) is 5.86. The summed E-state index contributed by atoms with van der Waals surface area (Å²) in [4.78, 5) is 12.7. The Hall–Kier alpha value is -2.53. The largest absolute Gasteiger partial charge is 0.493 e. The van der Waals surface area contributed by atoms with Crippen molar-refractivity contribution in [1.29, 1.82) is 0 Å². The topological polar surface area (TPSA) is 47.6 Å². The van der Waals surface area contributed by atoms with Crippen molar-refractivity contribution in [2.45, 2.75) is 50.5 Å². The van der Waals surface area contributed by atoms with Gasteiger partial charge in [0.1, 0.15) is 0 Å². The minimum Gasteiger partial charge on any atom is -0.493 e. The van der Waals surface area contributed by atoms with E-state index in [1.54, 1.807) is 18.4 Å². The van der Waals surface area contributed by atoms with Gasteiger partial charge < -0.3 is 14.8 Å². The van der Waals surface area contributed by atoms with E-state index in [4.69, 9.17) is 9.47 Å². The molecule has 5 heteroatoms. The standard InChI is InChI=1S/C26H29NO3S/c1-29-23-11-10-17(14-24(23)30-21-6-2-3-7-21)19-12-18(26(28)27-15-19)13-20-16-31-25-9-5-4-8-22(20)25/h4-5,8-11,14,16,18-19,21H,2-3,6-7,12-13,15H2,1H3,(H,27,28)/t18-,19+/m0/s1. The molecule has 0 spiro atoms. The molecule has 1 amide bonds. The van der Waals surface area contributed by atoms with Gasteiger partial charge in [-0.3, -0.25) is 4.79 Å². The van der Waals surface area contributed by atoms with Crippen LogP contribution in [-0.4, -0.2) is 25.7 Å². The summed E-state index contributed by atoms with van der Waals surface area (Å²) < 4.78 is 13.1. The van der Waals surface area contributed by atoms with Crippen LogP contribution in [0.5, 0.6) is 11.5 Å². The molecule has 1 N–H and O–H groups in total. The summed E-state index contributed by atoms with van der Waals surface area (Å²) >= 11 is 1.76. The number of hydrogen-bond donors (Lipinski definition) is 1. The summed E-state index contributed by atoms with van der Waals surface area (Å²) in [6.07, 6.45) is 6.63. The Morgan fingerprint density at radius 2 is 1.94 bits per heavy atom. The van der Waals surface area contributed by atoms with Crippen molar-refractivity contribution in [3.05, 3.63) is 59.0 Å². The van der Waals surface area contributed by atoms with Gasteiger partial charge in [0.05, 0.1) is 13.2 Å². The third-order valence-electron chi connectivity index (χ3n) is 6.74. The molecular formula is C26H29NO3S. The molecule has 1 saturated heterocycles. The first-order valence-corrected chi connectivity index (χ1v) is 12.2. The van der Waals surface area contributed by atoms with Gasteiger partial charge >= 0.3 is 0 Å². The van der Waals surface area contributed by atoms with Gasteiger partial charge in [0.2, 0.25) is 5.91 Å². The van der Waals surface area contributed by atoms with Crippen molar-refractivity contribution in [2.24, 2.45) is 5.92 Å². The van der Waals surface area contributed by atoms with Crippen LogP contribution in [0.1, 0.15) is 49.1 Å². The zero-order valence-electron chi connectivity index (χ0n) is 17.9. The Labute approximate surface area is 187 Å². The lowest BCUT2D eigenvalue weighted by Crippen LogP contribution is -2.41. The van der Waals surface area contributed by atoms with Gasteiger partial charge in [0.15, 0.2) is 11.5 Å². The van der Waals surface area contributed by atoms with E-state index in [2.05, 4.69) is 47.1 Å². The highest BCUT2D eigenvalue weighted by molar-refractivity contribution is 7.17. The predicted molar refractivity (Wildman–Crippen MR) is 125 cm³/mol. The monoisotopic (exact) mass is 435 g/mol. The second-order valence-corrected chi connectivity index (χ2v) is 9.68. The average Bonchev–Trinajstić information content (AvgIpc) is 3.45. The molecule has 2 aromatic carbocycles. The van der Waals surface area contributed by atoms with Gasteiger partial charge in [-0.05, 0) is 78.6 Å². The Bertz CT molecular complexity index is 1070. The van der Waals surface area contributed by atoms with E-state index < -0.39 is 0 Å². The number of amides is 1. The molecule has 0 bridgehead atoms. The first kappa shape index (κ1) is 20.4. The quantitative estimate of drug-likeness (QED) is 0.541. The molecule has 162 valence electrons. The molecule has 0 radical (unpaired) electrons. The highest BCUT2D eigenvalue weighted by Crippen LogP contribution is 2.38. The maximum absolute atomic E-state index is 12.7. The van der Waals surface area contributed by atoms with E-state index >= 15 is 0 Å². The van der Waals surface area contributed by atoms with Gasteiger partial charge in [-0.2, -0.15) is 0 Å². The Morgan fingerprint density at radius 3 is 2.77 bits per heavy atom. The van der Waals surface area contributed by atoms with Crippen LogP contribution in [-0.2, 0) is 11.2 Å². The molecule has 1 aliphatic carbocycles. The summed E-state index contributed by atoms with van der Waals surface area (Å²) in [7, 11) is 1.69. The van der Waals surface area contributed by atoms with Crippen LogP contribution in [0.4, 0.5) is 0 Å². The maximum atomic E-state index is 12.7. The van der Waals surface area contributed by atoms with Crippen LogP contribution in [0, 0.1) is 5.92 Å². The van der Waals surface area contributed by atoms with E-state index in [0.29, 0.717) is 6.54 Å². The Morgan fingerprint density at radius 1 is 1.10 bits per heavy atom. The molecule has 2 fully saturated rings. The second kappa shape index (κ2) is 8.91. The number of ether oxygens (including phenoxy) is 2. The number of thiophene rings is 1. The number of fused-ring (bicyclic) bond motifs is 1. The SMILES string of the molecule is COc1ccc([C@H]2CNC(=O)[C@H](Cc3csc4ccccc34)C2)cc1OC1CCCC1. The van der Waals surface area contributed by atoms with E-state index in [1.807, 2.05) is 6.07 Å². The normalized spacial score (nSPS) is 21.9. The van der Waals surface area contributed by atoms with E-state index in [1.165, 1.54) is 34.1 Å². The van der Waals surface area contributed by atoms with Crippen LogP contribution in [0.15, 0.2) is 47.8 Å². The highest BCUT2D eigenvalue weighted by Gasteiger charge is 2.31. The van der Waals surface area contributed by atoms with Crippen molar-refractivity contribution in [2.75, 3.05) is 13.7 Å². The van der Waals surface area contributed by atoms with E-state index in [9.17, 15) is 4.79 Å². The number of nitrogens with one attached hydrogen (secondary N) is 1. The Balaban J connectivity index is 1.35. The first-order chi connectivity index (χ1) is 15.2. The molecule has 3 aromatic rings. The summed E-state index contributed by atoms with van der Waals surface area (Å²) in [5, 5.41) is 6.64. The lowest BCUT2D eigenvalue weighted by Gasteiger charge is -2.30. The number of benzene rings is 2. The van der Waals surface area contributed by atoms with Gasteiger partial charge in [-0.25, -0.2) is 0 Å². The maximum Gasteiger partial charge on any atom is 0.223 e. The second-order valence-electron chi connectivity index (χ2n) is 8.77. The van der Waals surface area contributed by atoms with Crippen LogP contribution >= 0.6 is 11.3 Å². The molecule has 4 nitrogen and oxygen atoms in total. The van der Waals surface area contributed by atoms with Crippen LogP contribution in [0.25, 0.3) is 10.1 Å². The molecule has 2 aliphatic rings. The highest BCUT2D eigenvalue weighted by atomic mass is 32.1. The average molecular weight is 436 g/mol. The predicted octanol–water partition coefficient (Wildman–Crippen LogP) is 5.69. The number of hydrogen-bond acceptors (Lipinski definition) is 4. The summed E-state index contributed by atoms with van der Waals surface area (Å²) in [5.41, 5.74) is 2.50. The zero-order valence-corrected chi connectivity index (χ0v) is 18.8. The number of piperidine rings is 1. The lowest BCUT2D eigenvalue weighted by atomic mass is 9.82. The van der Waals surface area contributed by atoms with Gasteiger partial charge in [0.25, 0.3) is 0 Å². The minimum atomic E-state index is -0.0157. The fourth-order valence-electron chi connectivity index (χ4n) is 5.01. The van der Waals surface area contributed by atoms with Crippen LogP contribution in [0.3, 0.4) is 0 Å². The van der Waals surface area contributed by atoms with E-state index in [-0.39, 0.29) is 23.8 Å². The summed E-state index contributed by atoms with van der Waals surface area (Å²) in [6, 6.07) is 14.7. The van der Waals surface area contributed by atoms with Crippen LogP contribution in [0.2, 0.25) is 0 Å². The molecular weight excluding hydrogens is 406 g/mol. The lowest BCUT2D eigenvalue weighted by molar-refractivity contribution is -0.126. The molecule has 31 heavy (non-hydrogen) atoms. The number of rotatable bonds is 6. The first-order valence-electron chi connectivity index (χ1n) is 11.3. The van der Waals surface area contributed by atoms with Crippen molar-refractivity contribution in [3.8, 4) is 11.5 Å². The molecule has 1 aliphatic heterocycles.